The molecule has 0 bridgehead atoms. The molecular formula is C27H32ClF2N3O2. The average Bonchev–Trinajstić information content (AvgIpc) is 3.19. The van der Waals surface area contributed by atoms with Gasteiger partial charge in [-0.2, -0.15) is 0 Å². The highest BCUT2D eigenvalue weighted by molar-refractivity contribution is 6.30. The van der Waals surface area contributed by atoms with Gasteiger partial charge in [0, 0.05) is 50.1 Å². The van der Waals surface area contributed by atoms with Crippen LogP contribution in [0.25, 0.3) is 0 Å². The van der Waals surface area contributed by atoms with Gasteiger partial charge in [-0.1, -0.05) is 23.7 Å². The van der Waals surface area contributed by atoms with Crippen LogP contribution in [-0.4, -0.2) is 54.8 Å². The lowest BCUT2D eigenvalue weighted by Crippen LogP contribution is -2.43. The van der Waals surface area contributed by atoms with Gasteiger partial charge in [-0.25, -0.2) is 8.78 Å². The van der Waals surface area contributed by atoms with Crippen molar-refractivity contribution >= 4 is 23.4 Å². The summed E-state index contributed by atoms with van der Waals surface area (Å²) in [6, 6.07) is 9.26. The van der Waals surface area contributed by atoms with E-state index < -0.39 is 11.6 Å². The zero-order valence-electron chi connectivity index (χ0n) is 20.4. The van der Waals surface area contributed by atoms with E-state index in [0.29, 0.717) is 36.8 Å². The van der Waals surface area contributed by atoms with Crippen LogP contribution in [0.4, 0.5) is 8.78 Å². The lowest BCUT2D eigenvalue weighted by Gasteiger charge is -2.36. The maximum absolute atomic E-state index is 14.5. The quantitative estimate of drug-likeness (QED) is 0.633. The van der Waals surface area contributed by atoms with Gasteiger partial charge < -0.3 is 15.1 Å². The van der Waals surface area contributed by atoms with Gasteiger partial charge in [0.25, 0.3) is 0 Å². The first-order valence-corrected chi connectivity index (χ1v) is 12.5. The van der Waals surface area contributed by atoms with Gasteiger partial charge in [-0.05, 0) is 67.6 Å². The van der Waals surface area contributed by atoms with Crippen LogP contribution < -0.4 is 5.32 Å². The second-order valence-corrected chi connectivity index (χ2v) is 10.3. The van der Waals surface area contributed by atoms with Gasteiger partial charge in [-0.3, -0.25) is 9.59 Å². The first-order valence-electron chi connectivity index (χ1n) is 12.1. The van der Waals surface area contributed by atoms with Gasteiger partial charge in [0.15, 0.2) is 0 Å². The standard InChI is InChI=1S/C27H32ClF2N3O2/c1-16(31-17(2)34)23-12-19(28)4-6-21(23)18-8-10-33(11-9-18)27(35)25-15-32(3)14-24(25)22-7-5-20(29)13-26(22)30/h4-7,12-13,16,18,24-25H,8-11,14-15H2,1-3H3,(H,31,34)/t16-,24-,25+/m0/s1. The number of halogens is 3. The van der Waals surface area contributed by atoms with Crippen molar-refractivity contribution in [2.75, 3.05) is 33.2 Å². The number of amides is 2. The Morgan fingerprint density at radius 2 is 1.74 bits per heavy atom. The Morgan fingerprint density at radius 1 is 1.06 bits per heavy atom. The Balaban J connectivity index is 1.47. The van der Waals surface area contributed by atoms with Crippen molar-refractivity contribution in [3.8, 4) is 0 Å². The summed E-state index contributed by atoms with van der Waals surface area (Å²) in [5.41, 5.74) is 2.55. The molecule has 2 aliphatic heterocycles. The second kappa shape index (κ2) is 10.6. The van der Waals surface area contributed by atoms with Crippen LogP contribution in [0.1, 0.15) is 61.3 Å². The predicted octanol–water partition coefficient (Wildman–Crippen LogP) is 4.87. The van der Waals surface area contributed by atoms with E-state index >= 15 is 0 Å². The zero-order chi connectivity index (χ0) is 25.3. The predicted molar refractivity (Wildman–Crippen MR) is 132 cm³/mol. The smallest absolute Gasteiger partial charge is 0.227 e. The first kappa shape index (κ1) is 25.6. The van der Waals surface area contributed by atoms with Crippen LogP contribution >= 0.6 is 11.6 Å². The minimum absolute atomic E-state index is 0.0319. The Kier molecular flexibility index (Phi) is 7.77. The number of piperidine rings is 1. The molecule has 2 fully saturated rings. The molecule has 0 radical (unpaired) electrons. The molecule has 0 unspecified atom stereocenters. The Bertz CT molecular complexity index is 1100. The number of nitrogens with zero attached hydrogens (tertiary/aromatic N) is 2. The highest BCUT2D eigenvalue weighted by Crippen LogP contribution is 2.38. The normalized spacial score (nSPS) is 22.3. The molecule has 2 amide bonds. The van der Waals surface area contributed by atoms with Crippen molar-refractivity contribution in [2.24, 2.45) is 5.92 Å². The molecule has 2 aromatic rings. The lowest BCUT2D eigenvalue weighted by atomic mass is 9.83. The van der Waals surface area contributed by atoms with Crippen LogP contribution in [0.2, 0.25) is 5.02 Å². The minimum atomic E-state index is -0.614. The monoisotopic (exact) mass is 503 g/mol. The highest BCUT2D eigenvalue weighted by Gasteiger charge is 2.41. The van der Waals surface area contributed by atoms with E-state index in [0.717, 1.165) is 30.0 Å². The number of rotatable bonds is 5. The SMILES string of the molecule is CC(=O)N[C@@H](C)c1cc(Cl)ccc1C1CCN(C(=O)[C@@H]2CN(C)C[C@H]2c2ccc(F)cc2F)CC1. The van der Waals surface area contributed by atoms with Crippen LogP contribution in [0.5, 0.6) is 0 Å². The molecule has 5 nitrogen and oxygen atoms in total. The molecule has 35 heavy (non-hydrogen) atoms. The molecule has 0 saturated carbocycles. The summed E-state index contributed by atoms with van der Waals surface area (Å²) < 4.78 is 28.0. The maximum atomic E-state index is 14.5. The summed E-state index contributed by atoms with van der Waals surface area (Å²) in [4.78, 5) is 29.1. The van der Waals surface area contributed by atoms with Crippen LogP contribution in [-0.2, 0) is 9.59 Å². The molecule has 0 aliphatic carbocycles. The fraction of sp³-hybridized carbons (Fsp3) is 0.481. The molecule has 3 atom stereocenters. The van der Waals surface area contributed by atoms with Crippen molar-refractivity contribution in [3.63, 3.8) is 0 Å². The first-order chi connectivity index (χ1) is 16.6. The van der Waals surface area contributed by atoms with E-state index in [9.17, 15) is 18.4 Å². The molecule has 2 heterocycles. The van der Waals surface area contributed by atoms with Crippen molar-refractivity contribution < 1.29 is 18.4 Å². The van der Waals surface area contributed by atoms with Gasteiger partial charge in [-0.15, -0.1) is 0 Å². The number of likely N-dealkylation sites (N-methyl/N-ethyl adjacent to an activating group) is 1. The van der Waals surface area contributed by atoms with Crippen molar-refractivity contribution in [1.82, 2.24) is 15.1 Å². The van der Waals surface area contributed by atoms with Crippen molar-refractivity contribution in [2.45, 2.75) is 44.6 Å². The number of carbonyl (C=O) groups excluding carboxylic acids is 2. The zero-order valence-corrected chi connectivity index (χ0v) is 21.1. The van der Waals surface area contributed by atoms with Gasteiger partial charge in [0.2, 0.25) is 11.8 Å². The molecular weight excluding hydrogens is 472 g/mol. The van der Waals surface area contributed by atoms with E-state index in [-0.39, 0.29) is 35.6 Å². The molecule has 0 spiro atoms. The highest BCUT2D eigenvalue weighted by atomic mass is 35.5. The number of hydrogen-bond acceptors (Lipinski definition) is 3. The fourth-order valence-electron chi connectivity index (χ4n) is 5.69. The van der Waals surface area contributed by atoms with Gasteiger partial charge >= 0.3 is 0 Å². The average molecular weight is 504 g/mol. The minimum Gasteiger partial charge on any atom is -0.350 e. The summed E-state index contributed by atoms with van der Waals surface area (Å²) in [5, 5.41) is 3.56. The summed E-state index contributed by atoms with van der Waals surface area (Å²) in [6.07, 6.45) is 1.59. The third-order valence-corrected chi connectivity index (χ3v) is 7.60. The Hall–Kier alpha value is -2.51. The molecule has 2 aliphatic rings. The Morgan fingerprint density at radius 3 is 2.40 bits per heavy atom. The van der Waals surface area contributed by atoms with E-state index in [1.54, 1.807) is 0 Å². The van der Waals surface area contributed by atoms with Crippen LogP contribution in [0, 0.1) is 17.6 Å². The number of benzene rings is 2. The molecule has 2 aromatic carbocycles. The fourth-order valence-corrected chi connectivity index (χ4v) is 5.87. The maximum Gasteiger partial charge on any atom is 0.227 e. The molecule has 188 valence electrons. The van der Waals surface area contributed by atoms with Gasteiger partial charge in [0.1, 0.15) is 11.6 Å². The van der Waals surface area contributed by atoms with Crippen molar-refractivity contribution in [3.05, 3.63) is 69.7 Å². The van der Waals surface area contributed by atoms with E-state index in [1.807, 2.05) is 42.0 Å². The van der Waals surface area contributed by atoms with Crippen LogP contribution in [0.3, 0.4) is 0 Å². The summed E-state index contributed by atoms with van der Waals surface area (Å²) in [5.74, 6) is -1.68. The number of likely N-dealkylation sites (tertiary alicyclic amines) is 2. The molecule has 2 saturated heterocycles. The molecule has 1 N–H and O–H groups in total. The van der Waals surface area contributed by atoms with E-state index in [4.69, 9.17) is 11.6 Å². The number of nitrogens with one attached hydrogen (secondary N) is 1. The topological polar surface area (TPSA) is 52.7 Å². The van der Waals surface area contributed by atoms with Gasteiger partial charge in [0.05, 0.1) is 12.0 Å². The molecule has 8 heteroatoms. The summed E-state index contributed by atoms with van der Waals surface area (Å²) in [6.45, 7) is 5.77. The summed E-state index contributed by atoms with van der Waals surface area (Å²) in [7, 11) is 1.92. The van der Waals surface area contributed by atoms with E-state index in [1.165, 1.54) is 19.1 Å². The second-order valence-electron chi connectivity index (χ2n) is 9.90. The number of hydrogen-bond donors (Lipinski definition) is 1. The molecule has 4 rings (SSSR count). The Labute approximate surface area is 210 Å². The number of carbonyl (C=O) groups is 2. The third-order valence-electron chi connectivity index (χ3n) is 7.36. The molecule has 0 aromatic heterocycles. The van der Waals surface area contributed by atoms with Crippen LogP contribution in [0.15, 0.2) is 36.4 Å². The third kappa shape index (κ3) is 5.67. The lowest BCUT2D eigenvalue weighted by molar-refractivity contribution is -0.136. The largest absolute Gasteiger partial charge is 0.350 e. The van der Waals surface area contributed by atoms with Crippen molar-refractivity contribution in [1.29, 1.82) is 0 Å². The summed E-state index contributed by atoms with van der Waals surface area (Å²) >= 11 is 6.25. The van der Waals surface area contributed by atoms with E-state index in [2.05, 4.69) is 5.32 Å².